The lowest BCUT2D eigenvalue weighted by molar-refractivity contribution is 1.17. The van der Waals surface area contributed by atoms with Gasteiger partial charge in [0.1, 0.15) is 0 Å². The molecule has 0 amide bonds. The predicted molar refractivity (Wildman–Crippen MR) is 124 cm³/mol. The molecule has 134 valence electrons. The minimum atomic E-state index is 1.18. The minimum Gasteiger partial charge on any atom is -0.352 e. The second kappa shape index (κ2) is 6.23. The van der Waals surface area contributed by atoms with Gasteiger partial charge in [-0.1, -0.05) is 42.5 Å². The highest BCUT2D eigenvalue weighted by Gasteiger charge is 2.12. The van der Waals surface area contributed by atoms with Gasteiger partial charge < -0.3 is 9.55 Å². The quantitative estimate of drug-likeness (QED) is 0.217. The topological polar surface area (TPSA) is 20.7 Å². The zero-order valence-electron chi connectivity index (χ0n) is 14.9. The van der Waals surface area contributed by atoms with Gasteiger partial charge in [-0.25, -0.2) is 0 Å². The molecule has 28 heavy (non-hydrogen) atoms. The summed E-state index contributed by atoms with van der Waals surface area (Å²) in [6.07, 6.45) is 0. The number of nitrogens with zero attached hydrogens (tertiary/aromatic N) is 1. The first-order chi connectivity index (χ1) is 13.9. The number of rotatable bonds is 1. The van der Waals surface area contributed by atoms with E-state index in [2.05, 4.69) is 101 Å². The lowest BCUT2D eigenvalue weighted by Crippen LogP contribution is -1.99. The molecule has 0 radical (unpaired) electrons. The predicted octanol–water partition coefficient (Wildman–Crippen LogP) is 7.67. The molecular formula is C24H16N2S2. The average molecular weight is 397 g/mol. The molecule has 4 heteroatoms. The van der Waals surface area contributed by atoms with Crippen LogP contribution in [0.4, 0.5) is 0 Å². The normalized spacial score (nSPS) is 11.6. The van der Waals surface area contributed by atoms with Crippen molar-refractivity contribution in [1.82, 2.24) is 9.55 Å². The molecular weight excluding hydrogens is 380 g/mol. The van der Waals surface area contributed by atoms with E-state index in [1.807, 2.05) is 22.7 Å². The largest absolute Gasteiger partial charge is 0.352 e. The molecule has 0 fully saturated rings. The SMILES string of the molecule is c1ccc(-n2c3ccccc3sc3c4[nH]c5ccccc5sc4ccc32)cc1. The third kappa shape index (κ3) is 2.39. The number of nitrogens with one attached hydrogen (secondary N) is 1. The molecule has 0 aliphatic rings. The molecule has 6 rings (SSSR count). The lowest BCUT2D eigenvalue weighted by Gasteiger charge is -2.16. The molecule has 0 atom stereocenters. The first-order valence-corrected chi connectivity index (χ1v) is 10.8. The Morgan fingerprint density at radius 1 is 0.571 bits per heavy atom. The van der Waals surface area contributed by atoms with Gasteiger partial charge in [0.25, 0.3) is 0 Å². The summed E-state index contributed by atoms with van der Waals surface area (Å²) in [5.74, 6) is 0. The summed E-state index contributed by atoms with van der Waals surface area (Å²) in [5.41, 5.74) is 6.03. The van der Waals surface area contributed by atoms with Crippen molar-refractivity contribution in [2.24, 2.45) is 0 Å². The van der Waals surface area contributed by atoms with Gasteiger partial charge in [-0.15, -0.1) is 22.7 Å². The van der Waals surface area contributed by atoms with Crippen molar-refractivity contribution in [2.45, 2.75) is 0 Å². The summed E-state index contributed by atoms with van der Waals surface area (Å²) in [6.45, 7) is 0. The van der Waals surface area contributed by atoms with Crippen molar-refractivity contribution in [3.8, 4) is 5.69 Å². The number of hydrogen-bond acceptors (Lipinski definition) is 2. The monoisotopic (exact) mass is 396 g/mol. The van der Waals surface area contributed by atoms with Crippen molar-refractivity contribution < 1.29 is 0 Å². The van der Waals surface area contributed by atoms with Crippen LogP contribution in [0.5, 0.6) is 0 Å². The van der Waals surface area contributed by atoms with Crippen LogP contribution in [0.25, 0.3) is 46.6 Å². The fourth-order valence-corrected chi connectivity index (χ4v) is 6.00. The van der Waals surface area contributed by atoms with Crippen molar-refractivity contribution in [3.63, 3.8) is 0 Å². The van der Waals surface area contributed by atoms with Crippen LogP contribution in [-0.4, -0.2) is 9.55 Å². The Morgan fingerprint density at radius 3 is 2.21 bits per heavy atom. The van der Waals surface area contributed by atoms with Gasteiger partial charge >= 0.3 is 0 Å². The van der Waals surface area contributed by atoms with E-state index in [1.165, 1.54) is 46.6 Å². The number of fused-ring (bicyclic) bond motifs is 5. The molecule has 4 aromatic carbocycles. The highest BCUT2D eigenvalue weighted by Crippen LogP contribution is 2.37. The van der Waals surface area contributed by atoms with E-state index >= 15 is 0 Å². The van der Waals surface area contributed by atoms with Gasteiger partial charge in [0.2, 0.25) is 0 Å². The number of aromatic amines is 1. The fraction of sp³-hybridized carbons (Fsp3) is 0. The van der Waals surface area contributed by atoms with Gasteiger partial charge in [-0.3, -0.25) is 0 Å². The molecule has 2 aromatic heterocycles. The zero-order chi connectivity index (χ0) is 18.5. The van der Waals surface area contributed by atoms with Crippen molar-refractivity contribution >= 4 is 63.5 Å². The highest BCUT2D eigenvalue weighted by molar-refractivity contribution is 7.27. The molecule has 0 bridgehead atoms. The van der Waals surface area contributed by atoms with Crippen molar-refractivity contribution in [3.05, 3.63) is 91.0 Å². The molecule has 6 aromatic rings. The maximum atomic E-state index is 3.70. The van der Waals surface area contributed by atoms with Crippen LogP contribution in [0.1, 0.15) is 0 Å². The second-order valence-corrected chi connectivity index (χ2v) is 8.89. The Morgan fingerprint density at radius 2 is 1.32 bits per heavy atom. The zero-order valence-corrected chi connectivity index (χ0v) is 16.6. The van der Waals surface area contributed by atoms with Crippen LogP contribution in [-0.2, 0) is 0 Å². The maximum Gasteiger partial charge on any atom is 0.0767 e. The molecule has 2 heterocycles. The van der Waals surface area contributed by atoms with Crippen LogP contribution in [0.3, 0.4) is 0 Å². The maximum absolute atomic E-state index is 3.70. The standard InChI is InChI=1S/C24H16N2S2/c1-2-8-16(9-3-1)26-18-11-5-7-13-21(18)28-24-19(26)14-15-22-23(24)25-17-10-4-6-12-20(17)27-22/h1-15,25H. The fourth-order valence-electron chi connectivity index (χ4n) is 3.77. The van der Waals surface area contributed by atoms with Gasteiger partial charge in [0.05, 0.1) is 40.9 Å². The number of para-hydroxylation sites is 3. The van der Waals surface area contributed by atoms with E-state index in [0.29, 0.717) is 0 Å². The molecule has 0 saturated carbocycles. The number of aromatic nitrogens is 2. The lowest BCUT2D eigenvalue weighted by atomic mass is 10.2. The van der Waals surface area contributed by atoms with E-state index in [-0.39, 0.29) is 0 Å². The molecule has 2 nitrogen and oxygen atoms in total. The Kier molecular flexibility index (Phi) is 3.54. The molecule has 0 aliphatic heterocycles. The van der Waals surface area contributed by atoms with Gasteiger partial charge in [-0.05, 0) is 48.5 Å². The summed E-state index contributed by atoms with van der Waals surface area (Å²) in [5, 5.41) is 0. The van der Waals surface area contributed by atoms with Gasteiger partial charge in [-0.2, -0.15) is 0 Å². The summed E-state index contributed by atoms with van der Waals surface area (Å²) >= 11 is 3.69. The summed E-state index contributed by atoms with van der Waals surface area (Å²) in [6, 6.07) is 32.3. The van der Waals surface area contributed by atoms with Crippen LogP contribution >= 0.6 is 22.7 Å². The van der Waals surface area contributed by atoms with E-state index in [9.17, 15) is 0 Å². The first kappa shape index (κ1) is 15.9. The van der Waals surface area contributed by atoms with E-state index in [1.54, 1.807) is 0 Å². The summed E-state index contributed by atoms with van der Waals surface area (Å²) in [4.78, 5) is 3.70. The van der Waals surface area contributed by atoms with E-state index in [4.69, 9.17) is 0 Å². The van der Waals surface area contributed by atoms with Gasteiger partial charge in [0, 0.05) is 5.69 Å². The van der Waals surface area contributed by atoms with E-state index in [0.717, 1.165) is 0 Å². The second-order valence-electron chi connectivity index (χ2n) is 6.75. The molecule has 0 saturated heterocycles. The highest BCUT2D eigenvalue weighted by atomic mass is 32.1. The Bertz CT molecular complexity index is 1510. The number of benzene rings is 4. The van der Waals surface area contributed by atoms with Crippen molar-refractivity contribution in [2.75, 3.05) is 0 Å². The third-order valence-electron chi connectivity index (χ3n) is 5.04. The number of hydrogen-bond donors (Lipinski definition) is 1. The summed E-state index contributed by atoms with van der Waals surface area (Å²) in [7, 11) is 0. The number of H-pyrrole nitrogens is 1. The van der Waals surface area contributed by atoms with Crippen LogP contribution in [0.2, 0.25) is 0 Å². The van der Waals surface area contributed by atoms with Gasteiger partial charge in [0.15, 0.2) is 0 Å². The smallest absolute Gasteiger partial charge is 0.0767 e. The Hall–Kier alpha value is -3.08. The van der Waals surface area contributed by atoms with Crippen LogP contribution in [0.15, 0.2) is 91.0 Å². The van der Waals surface area contributed by atoms with Crippen LogP contribution < -0.4 is 0 Å². The van der Waals surface area contributed by atoms with Crippen LogP contribution in [0, 0.1) is 0 Å². The summed E-state index contributed by atoms with van der Waals surface area (Å²) < 4.78 is 7.47. The molecule has 0 unspecified atom stereocenters. The third-order valence-corrected chi connectivity index (χ3v) is 7.36. The van der Waals surface area contributed by atoms with E-state index < -0.39 is 0 Å². The first-order valence-electron chi connectivity index (χ1n) is 9.21. The van der Waals surface area contributed by atoms with Crippen molar-refractivity contribution in [1.29, 1.82) is 0 Å². The Labute approximate surface area is 169 Å². The Balaban J connectivity index is 1.84. The average Bonchev–Trinajstić information content (AvgIpc) is 2.76. The molecule has 1 N–H and O–H groups in total. The molecule has 0 aliphatic carbocycles. The molecule has 0 spiro atoms. The minimum absolute atomic E-state index is 1.18.